The van der Waals surface area contributed by atoms with Gasteiger partial charge in [-0.1, -0.05) is 6.07 Å². The van der Waals surface area contributed by atoms with Crippen molar-refractivity contribution in [2.75, 3.05) is 18.4 Å². The van der Waals surface area contributed by atoms with Gasteiger partial charge in [0.1, 0.15) is 5.82 Å². The molecule has 0 aliphatic carbocycles. The highest BCUT2D eigenvalue weighted by molar-refractivity contribution is 7.89. The minimum atomic E-state index is -3.65. The van der Waals surface area contributed by atoms with E-state index in [1.165, 1.54) is 33.8 Å². The molecule has 9 heteroatoms. The van der Waals surface area contributed by atoms with Crippen LogP contribution in [0.25, 0.3) is 10.1 Å². The van der Waals surface area contributed by atoms with Gasteiger partial charge in [0.05, 0.1) is 22.0 Å². The lowest BCUT2D eigenvalue weighted by molar-refractivity contribution is -0.0440. The zero-order valence-electron chi connectivity index (χ0n) is 17.4. The summed E-state index contributed by atoms with van der Waals surface area (Å²) in [6.07, 6.45) is -0.349. The Morgan fingerprint density at radius 3 is 2.39 bits per heavy atom. The van der Waals surface area contributed by atoms with Crippen molar-refractivity contribution in [1.82, 2.24) is 4.31 Å². The summed E-state index contributed by atoms with van der Waals surface area (Å²) < 4.78 is 47.8. The Bertz CT molecular complexity index is 1230. The largest absolute Gasteiger partial charge is 0.373 e. The molecule has 2 heterocycles. The van der Waals surface area contributed by atoms with Gasteiger partial charge in [-0.05, 0) is 62.7 Å². The second kappa shape index (κ2) is 8.31. The second-order valence-electron chi connectivity index (χ2n) is 7.73. The minimum Gasteiger partial charge on any atom is -0.373 e. The van der Waals surface area contributed by atoms with Crippen LogP contribution in [0.5, 0.6) is 0 Å². The Morgan fingerprint density at radius 1 is 1.13 bits per heavy atom. The average Bonchev–Trinajstić information content (AvgIpc) is 3.05. The van der Waals surface area contributed by atoms with E-state index in [-0.39, 0.29) is 28.8 Å². The van der Waals surface area contributed by atoms with Gasteiger partial charge in [0.15, 0.2) is 0 Å². The lowest BCUT2D eigenvalue weighted by Gasteiger charge is -2.34. The van der Waals surface area contributed by atoms with Gasteiger partial charge < -0.3 is 10.1 Å². The molecule has 31 heavy (non-hydrogen) atoms. The monoisotopic (exact) mass is 462 g/mol. The number of benzene rings is 2. The molecule has 4 rings (SSSR count). The number of hydrogen-bond acceptors (Lipinski definition) is 5. The van der Waals surface area contributed by atoms with Gasteiger partial charge in [-0.15, -0.1) is 11.3 Å². The number of carbonyl (C=O) groups excluding carboxylic acids is 1. The first-order valence-electron chi connectivity index (χ1n) is 9.91. The molecular formula is C22H23FN2O4S2. The van der Waals surface area contributed by atoms with Crippen molar-refractivity contribution in [3.8, 4) is 0 Å². The summed E-state index contributed by atoms with van der Waals surface area (Å²) in [5.41, 5.74) is 1.05. The predicted octanol–water partition coefficient (Wildman–Crippen LogP) is 4.40. The third kappa shape index (κ3) is 4.23. The number of sulfonamides is 1. The molecule has 2 atom stereocenters. The molecule has 6 nitrogen and oxygen atoms in total. The molecule has 1 fully saturated rings. The van der Waals surface area contributed by atoms with E-state index in [2.05, 4.69) is 5.32 Å². The van der Waals surface area contributed by atoms with E-state index >= 15 is 0 Å². The molecule has 0 spiro atoms. The zero-order valence-corrected chi connectivity index (χ0v) is 19.0. The first-order valence-corrected chi connectivity index (χ1v) is 12.2. The second-order valence-corrected chi connectivity index (χ2v) is 10.7. The summed E-state index contributed by atoms with van der Waals surface area (Å²) in [5.74, 6) is -0.712. The minimum absolute atomic E-state index is 0.159. The molecule has 0 bridgehead atoms. The molecule has 3 aromatic rings. The quantitative estimate of drug-likeness (QED) is 0.624. The number of amides is 1. The topological polar surface area (TPSA) is 75.7 Å². The van der Waals surface area contributed by atoms with Gasteiger partial charge in [-0.3, -0.25) is 4.79 Å². The van der Waals surface area contributed by atoms with Gasteiger partial charge in [-0.2, -0.15) is 4.31 Å². The van der Waals surface area contributed by atoms with Crippen LogP contribution in [0.15, 0.2) is 47.4 Å². The Labute approximate surface area is 184 Å². The first kappa shape index (κ1) is 21.9. The number of aryl methyl sites for hydroxylation is 1. The summed E-state index contributed by atoms with van der Waals surface area (Å²) in [5, 5.41) is 3.22. The highest BCUT2D eigenvalue weighted by atomic mass is 32.2. The maximum Gasteiger partial charge on any atom is 0.266 e. The number of nitrogens with zero attached hydrogens (tertiary/aromatic N) is 1. The predicted molar refractivity (Wildman–Crippen MR) is 120 cm³/mol. The molecule has 1 N–H and O–H groups in total. The standard InChI is InChI=1S/C22H23FN2O4S2/c1-13-11-25(12-14(2)29-13)31(27,28)17-9-7-16(8-10-17)24-22(26)21-15(3)20-18(23)5-4-6-19(20)30-21/h4-10,13-14H,11-12H2,1-3H3,(H,24,26). The van der Waals surface area contributed by atoms with Crippen molar-refractivity contribution >= 4 is 43.0 Å². The Morgan fingerprint density at radius 2 is 1.77 bits per heavy atom. The number of halogens is 1. The number of carbonyl (C=O) groups is 1. The van der Waals surface area contributed by atoms with E-state index in [0.717, 1.165) is 0 Å². The number of anilines is 1. The normalized spacial score (nSPS) is 20.1. The number of thiophene rings is 1. The van der Waals surface area contributed by atoms with Crippen LogP contribution in [0.3, 0.4) is 0 Å². The van der Waals surface area contributed by atoms with E-state index in [9.17, 15) is 17.6 Å². The number of morpholine rings is 1. The van der Waals surface area contributed by atoms with E-state index in [1.807, 2.05) is 13.8 Å². The molecule has 2 unspecified atom stereocenters. The molecule has 0 saturated carbocycles. The van der Waals surface area contributed by atoms with Crippen LogP contribution in [-0.4, -0.2) is 43.9 Å². The highest BCUT2D eigenvalue weighted by Gasteiger charge is 2.32. The summed E-state index contributed by atoms with van der Waals surface area (Å²) in [6.45, 7) is 6.01. The van der Waals surface area contributed by atoms with Crippen molar-refractivity contribution in [2.24, 2.45) is 0 Å². The molecule has 1 aromatic heterocycles. The fourth-order valence-electron chi connectivity index (χ4n) is 3.84. The van der Waals surface area contributed by atoms with Crippen molar-refractivity contribution in [3.63, 3.8) is 0 Å². The van der Waals surface area contributed by atoms with E-state index in [0.29, 0.717) is 39.3 Å². The third-order valence-corrected chi connectivity index (χ3v) is 8.35. The van der Waals surface area contributed by atoms with Crippen LogP contribution in [0.4, 0.5) is 10.1 Å². The van der Waals surface area contributed by atoms with Crippen molar-refractivity contribution in [2.45, 2.75) is 37.9 Å². The van der Waals surface area contributed by atoms with Gasteiger partial charge in [0.25, 0.3) is 5.91 Å². The fourth-order valence-corrected chi connectivity index (χ4v) is 6.55. The van der Waals surface area contributed by atoms with Crippen molar-refractivity contribution in [3.05, 3.63) is 58.7 Å². The Hall–Kier alpha value is -2.33. The molecule has 1 amide bonds. The van der Waals surface area contributed by atoms with E-state index in [1.54, 1.807) is 31.2 Å². The Kier molecular flexibility index (Phi) is 5.87. The van der Waals surface area contributed by atoms with Gasteiger partial charge >= 0.3 is 0 Å². The third-order valence-electron chi connectivity index (χ3n) is 5.25. The van der Waals surface area contributed by atoms with Gasteiger partial charge in [0.2, 0.25) is 10.0 Å². The van der Waals surface area contributed by atoms with Crippen LogP contribution < -0.4 is 5.32 Å². The maximum atomic E-state index is 14.1. The molecule has 0 radical (unpaired) electrons. The summed E-state index contributed by atoms with van der Waals surface area (Å²) in [7, 11) is -3.65. The van der Waals surface area contributed by atoms with Crippen molar-refractivity contribution in [1.29, 1.82) is 0 Å². The van der Waals surface area contributed by atoms with Crippen LogP contribution in [0.1, 0.15) is 29.1 Å². The smallest absolute Gasteiger partial charge is 0.266 e. The number of ether oxygens (including phenoxy) is 1. The maximum absolute atomic E-state index is 14.1. The lowest BCUT2D eigenvalue weighted by atomic mass is 10.1. The molecule has 1 aliphatic heterocycles. The molecule has 1 saturated heterocycles. The number of rotatable bonds is 4. The van der Waals surface area contributed by atoms with Gasteiger partial charge in [0, 0.05) is 28.9 Å². The summed E-state index contributed by atoms with van der Waals surface area (Å²) >= 11 is 1.23. The van der Waals surface area contributed by atoms with E-state index < -0.39 is 10.0 Å². The molecular weight excluding hydrogens is 439 g/mol. The highest BCUT2D eigenvalue weighted by Crippen LogP contribution is 2.33. The number of hydrogen-bond donors (Lipinski definition) is 1. The van der Waals surface area contributed by atoms with Crippen LogP contribution in [0.2, 0.25) is 0 Å². The Balaban J connectivity index is 1.53. The average molecular weight is 463 g/mol. The zero-order chi connectivity index (χ0) is 22.3. The fraction of sp³-hybridized carbons (Fsp3) is 0.318. The van der Waals surface area contributed by atoms with Crippen LogP contribution >= 0.6 is 11.3 Å². The number of fused-ring (bicyclic) bond motifs is 1. The molecule has 1 aliphatic rings. The van der Waals surface area contributed by atoms with Crippen LogP contribution in [0, 0.1) is 12.7 Å². The number of nitrogens with one attached hydrogen (secondary N) is 1. The summed E-state index contributed by atoms with van der Waals surface area (Å²) in [6, 6.07) is 10.8. The SMILES string of the molecule is Cc1c(C(=O)Nc2ccc(S(=O)(=O)N3CC(C)OC(C)C3)cc2)sc2cccc(F)c12. The van der Waals surface area contributed by atoms with E-state index in [4.69, 9.17) is 4.74 Å². The first-order chi connectivity index (χ1) is 14.7. The molecule has 164 valence electrons. The van der Waals surface area contributed by atoms with Crippen LogP contribution in [-0.2, 0) is 14.8 Å². The van der Waals surface area contributed by atoms with Gasteiger partial charge in [-0.25, -0.2) is 12.8 Å². The summed E-state index contributed by atoms with van der Waals surface area (Å²) in [4.78, 5) is 13.3. The van der Waals surface area contributed by atoms with Crippen molar-refractivity contribution < 1.29 is 22.3 Å². The molecule has 2 aromatic carbocycles. The lowest BCUT2D eigenvalue weighted by Crippen LogP contribution is -2.48.